The summed E-state index contributed by atoms with van der Waals surface area (Å²) in [5.74, 6) is 0. The number of benzene rings is 8. The lowest BCUT2D eigenvalue weighted by Gasteiger charge is -2.10. The van der Waals surface area contributed by atoms with Crippen molar-refractivity contribution < 1.29 is 0 Å². The van der Waals surface area contributed by atoms with Gasteiger partial charge in [0.1, 0.15) is 0 Å². The molecule has 0 atom stereocenters. The lowest BCUT2D eigenvalue weighted by molar-refractivity contribution is 1.18. The number of aliphatic imine (C=N–C) groups is 1. The van der Waals surface area contributed by atoms with E-state index in [-0.39, 0.29) is 0 Å². The van der Waals surface area contributed by atoms with E-state index in [0.29, 0.717) is 5.71 Å². The molecule has 264 valence electrons. The van der Waals surface area contributed by atoms with Crippen molar-refractivity contribution in [2.24, 2.45) is 4.99 Å². The molecule has 56 heavy (non-hydrogen) atoms. The number of para-hydroxylation sites is 3. The van der Waals surface area contributed by atoms with Gasteiger partial charge in [-0.25, -0.2) is 4.99 Å². The lowest BCUT2D eigenvalue weighted by Crippen LogP contribution is -1.97. The molecule has 0 aliphatic rings. The van der Waals surface area contributed by atoms with E-state index in [1.54, 1.807) is 12.3 Å². The Hall–Kier alpha value is -7.56. The summed E-state index contributed by atoms with van der Waals surface area (Å²) in [5.41, 5.74) is 13.7. The van der Waals surface area contributed by atoms with Crippen LogP contribution >= 0.6 is 0 Å². The molecule has 0 unspecified atom stereocenters. The minimum absolute atomic E-state index is 0.396. The Morgan fingerprint density at radius 1 is 0.411 bits per heavy atom. The second-order valence-corrected chi connectivity index (χ2v) is 14.1. The molecule has 1 N–H and O–H groups in total. The molecule has 0 saturated heterocycles. The number of allylic oxidation sites excluding steroid dienone is 1. The first-order valence-corrected chi connectivity index (χ1v) is 18.9. The SMILES string of the molecule is N=C(/C=C\N=Cn1c2ccccc2c2cc(-c3ccc4c(c3)c3ccccc3n4-c3ccccc3)ccc21)c1cc(-c2ccccc2)cc(-c2ccccc2)c1. The number of aromatic nitrogens is 2. The normalized spacial score (nSPS) is 11.9. The van der Waals surface area contributed by atoms with Gasteiger partial charge in [0.25, 0.3) is 0 Å². The van der Waals surface area contributed by atoms with Crippen molar-refractivity contribution in [1.29, 1.82) is 5.41 Å². The van der Waals surface area contributed by atoms with Gasteiger partial charge in [-0.1, -0.05) is 127 Å². The highest BCUT2D eigenvalue weighted by Gasteiger charge is 2.15. The first kappa shape index (κ1) is 33.0. The van der Waals surface area contributed by atoms with Crippen molar-refractivity contribution in [1.82, 2.24) is 9.13 Å². The summed E-state index contributed by atoms with van der Waals surface area (Å²) in [6.45, 7) is 0. The maximum atomic E-state index is 9.04. The minimum atomic E-state index is 0.396. The molecule has 0 aliphatic heterocycles. The van der Waals surface area contributed by atoms with Gasteiger partial charge in [-0.3, -0.25) is 4.57 Å². The molecular formula is C52H36N4. The summed E-state index contributed by atoms with van der Waals surface area (Å²) >= 11 is 0. The third-order valence-corrected chi connectivity index (χ3v) is 10.7. The van der Waals surface area contributed by atoms with E-state index in [9.17, 15) is 0 Å². The molecule has 0 bridgehead atoms. The summed E-state index contributed by atoms with van der Waals surface area (Å²) in [4.78, 5) is 4.73. The first-order valence-electron chi connectivity index (χ1n) is 18.9. The van der Waals surface area contributed by atoms with Gasteiger partial charge in [-0.05, 0) is 106 Å². The van der Waals surface area contributed by atoms with Gasteiger partial charge >= 0.3 is 0 Å². The van der Waals surface area contributed by atoms with Gasteiger partial charge in [0.15, 0.2) is 0 Å². The van der Waals surface area contributed by atoms with Crippen LogP contribution in [0.15, 0.2) is 211 Å². The van der Waals surface area contributed by atoms with Gasteiger partial charge in [0.05, 0.1) is 34.1 Å². The average molecular weight is 717 g/mol. The highest BCUT2D eigenvalue weighted by molar-refractivity contribution is 6.14. The number of nitrogens with zero attached hydrogens (tertiary/aromatic N) is 3. The molecule has 0 amide bonds. The molecule has 8 aromatic carbocycles. The van der Waals surface area contributed by atoms with Crippen LogP contribution in [0.2, 0.25) is 0 Å². The average Bonchev–Trinajstić information content (AvgIpc) is 3.77. The van der Waals surface area contributed by atoms with Crippen LogP contribution in [0.4, 0.5) is 0 Å². The number of hydrogen-bond acceptors (Lipinski definition) is 2. The maximum absolute atomic E-state index is 9.04. The van der Waals surface area contributed by atoms with Crippen LogP contribution < -0.4 is 0 Å². The molecule has 2 aromatic heterocycles. The topological polar surface area (TPSA) is 46.1 Å². The minimum Gasteiger partial charge on any atom is -0.309 e. The van der Waals surface area contributed by atoms with E-state index in [1.165, 1.54) is 38.1 Å². The van der Waals surface area contributed by atoms with Crippen LogP contribution in [0.1, 0.15) is 5.56 Å². The van der Waals surface area contributed by atoms with E-state index in [4.69, 9.17) is 10.4 Å². The fraction of sp³-hybridized carbons (Fsp3) is 0. The zero-order valence-corrected chi connectivity index (χ0v) is 30.5. The quantitative estimate of drug-likeness (QED) is 0.120. The lowest BCUT2D eigenvalue weighted by atomic mass is 9.94. The first-order chi connectivity index (χ1) is 27.7. The molecular weight excluding hydrogens is 681 g/mol. The largest absolute Gasteiger partial charge is 0.309 e. The number of hydrogen-bond donors (Lipinski definition) is 1. The molecule has 4 nitrogen and oxygen atoms in total. The fourth-order valence-corrected chi connectivity index (χ4v) is 8.01. The molecule has 10 rings (SSSR count). The van der Waals surface area contributed by atoms with Gasteiger partial charge in [-0.2, -0.15) is 0 Å². The highest BCUT2D eigenvalue weighted by atomic mass is 15.0. The second kappa shape index (κ2) is 14.0. The van der Waals surface area contributed by atoms with Crippen LogP contribution in [0, 0.1) is 5.41 Å². The summed E-state index contributed by atoms with van der Waals surface area (Å²) in [6.07, 6.45) is 5.34. The standard InChI is InChI=1S/C52H36N4/c53-48(42-31-40(36-14-4-1-5-15-36)30-41(32-42)37-16-6-2-7-17-37)28-29-54-35-55-49-22-12-10-20-44(49)46-33-38(24-26-50(46)55)39-25-27-52-47(34-39)45-21-11-13-23-51(45)56(52)43-18-8-3-9-19-43/h1-35,53H/b29-28-,53-48?,54-35?. The summed E-state index contributed by atoms with van der Waals surface area (Å²) < 4.78 is 4.49. The van der Waals surface area contributed by atoms with E-state index in [0.717, 1.165) is 50.1 Å². The summed E-state index contributed by atoms with van der Waals surface area (Å²) in [6, 6.07) is 68.3. The third kappa shape index (κ3) is 5.90. The van der Waals surface area contributed by atoms with Crippen LogP contribution in [0.5, 0.6) is 0 Å². The number of nitrogens with one attached hydrogen (secondary N) is 1. The second-order valence-electron chi connectivity index (χ2n) is 14.1. The molecule has 0 aliphatic carbocycles. The molecule has 10 aromatic rings. The van der Waals surface area contributed by atoms with Crippen molar-refractivity contribution in [3.8, 4) is 39.1 Å². The van der Waals surface area contributed by atoms with E-state index in [1.807, 2.05) is 42.7 Å². The molecule has 0 saturated carbocycles. The molecule has 0 radical (unpaired) electrons. The van der Waals surface area contributed by atoms with Crippen LogP contribution in [-0.4, -0.2) is 21.2 Å². The molecule has 4 heteroatoms. The Morgan fingerprint density at radius 3 is 1.54 bits per heavy atom. The van der Waals surface area contributed by atoms with Gasteiger partial charge in [0, 0.05) is 39.0 Å². The Bertz CT molecular complexity index is 3070. The predicted octanol–water partition coefficient (Wildman–Crippen LogP) is 13.4. The smallest absolute Gasteiger partial charge is 0.0995 e. The van der Waals surface area contributed by atoms with Crippen molar-refractivity contribution >= 4 is 55.7 Å². The predicted molar refractivity (Wildman–Crippen MR) is 236 cm³/mol. The van der Waals surface area contributed by atoms with E-state index in [2.05, 4.69) is 167 Å². The monoisotopic (exact) mass is 716 g/mol. The van der Waals surface area contributed by atoms with Crippen molar-refractivity contribution in [2.45, 2.75) is 0 Å². The number of rotatable bonds is 8. The molecule has 0 fully saturated rings. The Morgan fingerprint density at radius 2 is 0.893 bits per heavy atom. The van der Waals surface area contributed by atoms with Crippen molar-refractivity contribution in [3.05, 3.63) is 212 Å². The maximum Gasteiger partial charge on any atom is 0.0995 e. The van der Waals surface area contributed by atoms with Gasteiger partial charge in [-0.15, -0.1) is 0 Å². The van der Waals surface area contributed by atoms with E-state index < -0.39 is 0 Å². The van der Waals surface area contributed by atoms with Gasteiger partial charge < -0.3 is 9.98 Å². The molecule has 2 heterocycles. The van der Waals surface area contributed by atoms with Crippen LogP contribution in [-0.2, 0) is 0 Å². The van der Waals surface area contributed by atoms with Crippen LogP contribution in [0.25, 0.3) is 82.7 Å². The van der Waals surface area contributed by atoms with Crippen LogP contribution in [0.3, 0.4) is 0 Å². The van der Waals surface area contributed by atoms with Crippen molar-refractivity contribution in [3.63, 3.8) is 0 Å². The van der Waals surface area contributed by atoms with Crippen molar-refractivity contribution in [2.75, 3.05) is 0 Å². The summed E-state index contributed by atoms with van der Waals surface area (Å²) in [7, 11) is 0. The Kier molecular flexibility index (Phi) is 8.27. The third-order valence-electron chi connectivity index (χ3n) is 10.7. The zero-order chi connectivity index (χ0) is 37.4. The zero-order valence-electron chi connectivity index (χ0n) is 30.5. The number of fused-ring (bicyclic) bond motifs is 6. The Labute approximate surface area is 325 Å². The van der Waals surface area contributed by atoms with E-state index >= 15 is 0 Å². The Balaban J connectivity index is 0.989. The highest BCUT2D eigenvalue weighted by Crippen LogP contribution is 2.37. The molecule has 0 spiro atoms. The fourth-order valence-electron chi connectivity index (χ4n) is 8.01. The summed E-state index contributed by atoms with van der Waals surface area (Å²) in [5, 5.41) is 13.8. The van der Waals surface area contributed by atoms with Gasteiger partial charge in [0.2, 0.25) is 0 Å².